The fourth-order valence-electron chi connectivity index (χ4n) is 1.26. The summed E-state index contributed by atoms with van der Waals surface area (Å²) < 4.78 is 13.3. The Kier molecular flexibility index (Phi) is 3.74. The van der Waals surface area contributed by atoms with Crippen molar-refractivity contribution in [1.29, 1.82) is 0 Å². The highest BCUT2D eigenvalue weighted by molar-refractivity contribution is 6.34. The number of carbonyl (C=O) groups is 1. The maximum atomic E-state index is 13.3. The van der Waals surface area contributed by atoms with Crippen LogP contribution in [0.25, 0.3) is 0 Å². The first-order chi connectivity index (χ1) is 8.58. The third-order valence-electron chi connectivity index (χ3n) is 2.09. The summed E-state index contributed by atoms with van der Waals surface area (Å²) in [5.41, 5.74) is 0.0754. The first kappa shape index (κ1) is 12.7. The number of para-hydroxylation sites is 1. The number of amides is 1. The average molecular weight is 286 g/mol. The standard InChI is InChI=1S/C11H6Cl2FN3O/c12-9-5-6(10(13)17-16-9)11(18)15-8-4-2-1-3-7(8)14/h1-5H,(H,15,18). The molecule has 1 amide bonds. The zero-order chi connectivity index (χ0) is 13.1. The summed E-state index contributed by atoms with van der Waals surface area (Å²) in [6.07, 6.45) is 0. The van der Waals surface area contributed by atoms with Crippen molar-refractivity contribution >= 4 is 34.8 Å². The van der Waals surface area contributed by atoms with Gasteiger partial charge in [-0.15, -0.1) is 10.2 Å². The van der Waals surface area contributed by atoms with Crippen LogP contribution in [0.4, 0.5) is 10.1 Å². The second kappa shape index (κ2) is 5.29. The number of hydrogen-bond donors (Lipinski definition) is 1. The van der Waals surface area contributed by atoms with Gasteiger partial charge in [0.25, 0.3) is 5.91 Å². The van der Waals surface area contributed by atoms with Crippen LogP contribution in [0.2, 0.25) is 10.3 Å². The monoisotopic (exact) mass is 285 g/mol. The number of carbonyl (C=O) groups excluding carboxylic acids is 1. The molecule has 0 unspecified atom stereocenters. The van der Waals surface area contributed by atoms with Crippen molar-refractivity contribution in [2.45, 2.75) is 0 Å². The Labute approximate surface area is 112 Å². The molecule has 0 aliphatic rings. The second-order valence-electron chi connectivity index (χ2n) is 3.31. The number of nitrogens with zero attached hydrogens (tertiary/aromatic N) is 2. The number of hydrogen-bond acceptors (Lipinski definition) is 3. The van der Waals surface area contributed by atoms with Crippen LogP contribution in [0.3, 0.4) is 0 Å². The lowest BCUT2D eigenvalue weighted by Gasteiger charge is -2.06. The van der Waals surface area contributed by atoms with Gasteiger partial charge < -0.3 is 5.32 Å². The van der Waals surface area contributed by atoms with Gasteiger partial charge >= 0.3 is 0 Å². The third kappa shape index (κ3) is 2.75. The summed E-state index contributed by atoms with van der Waals surface area (Å²) in [4.78, 5) is 11.9. The molecule has 1 aromatic carbocycles. The van der Waals surface area contributed by atoms with Crippen molar-refractivity contribution in [1.82, 2.24) is 10.2 Å². The van der Waals surface area contributed by atoms with Gasteiger partial charge in [0, 0.05) is 0 Å². The molecule has 4 nitrogen and oxygen atoms in total. The van der Waals surface area contributed by atoms with E-state index in [9.17, 15) is 9.18 Å². The molecule has 0 aliphatic heterocycles. The van der Waals surface area contributed by atoms with Crippen molar-refractivity contribution in [2.75, 3.05) is 5.32 Å². The van der Waals surface area contributed by atoms with E-state index in [1.54, 1.807) is 6.07 Å². The van der Waals surface area contributed by atoms with Crippen LogP contribution in [0.15, 0.2) is 30.3 Å². The number of aromatic nitrogens is 2. The van der Waals surface area contributed by atoms with Gasteiger partial charge in [-0.25, -0.2) is 4.39 Å². The molecule has 92 valence electrons. The van der Waals surface area contributed by atoms with E-state index in [0.29, 0.717) is 0 Å². The van der Waals surface area contributed by atoms with E-state index in [2.05, 4.69) is 15.5 Å². The van der Waals surface area contributed by atoms with Gasteiger partial charge in [-0.2, -0.15) is 0 Å². The van der Waals surface area contributed by atoms with E-state index < -0.39 is 11.7 Å². The first-order valence-corrected chi connectivity index (χ1v) is 5.58. The highest BCUT2D eigenvalue weighted by atomic mass is 35.5. The van der Waals surface area contributed by atoms with Crippen LogP contribution in [0, 0.1) is 5.82 Å². The Bertz CT molecular complexity index is 607. The number of rotatable bonds is 2. The van der Waals surface area contributed by atoms with Crippen LogP contribution in [-0.2, 0) is 0 Å². The number of benzene rings is 1. The van der Waals surface area contributed by atoms with Crippen molar-refractivity contribution < 1.29 is 9.18 Å². The SMILES string of the molecule is O=C(Nc1ccccc1F)c1cc(Cl)nnc1Cl. The molecular weight excluding hydrogens is 280 g/mol. The van der Waals surface area contributed by atoms with Crippen LogP contribution in [0.1, 0.15) is 10.4 Å². The molecule has 1 aromatic heterocycles. The van der Waals surface area contributed by atoms with Gasteiger partial charge in [-0.3, -0.25) is 4.79 Å². The molecule has 0 atom stereocenters. The van der Waals surface area contributed by atoms with Crippen LogP contribution in [-0.4, -0.2) is 16.1 Å². The van der Waals surface area contributed by atoms with E-state index in [1.165, 1.54) is 24.3 Å². The Hall–Kier alpha value is -1.72. The summed E-state index contributed by atoms with van der Waals surface area (Å²) in [5.74, 6) is -1.16. The zero-order valence-electron chi connectivity index (χ0n) is 8.82. The molecule has 0 radical (unpaired) electrons. The summed E-state index contributed by atoms with van der Waals surface area (Å²) in [7, 11) is 0. The van der Waals surface area contributed by atoms with Gasteiger partial charge in [0.15, 0.2) is 10.3 Å². The zero-order valence-corrected chi connectivity index (χ0v) is 10.3. The van der Waals surface area contributed by atoms with E-state index in [-0.39, 0.29) is 21.6 Å². The molecule has 18 heavy (non-hydrogen) atoms. The van der Waals surface area contributed by atoms with E-state index in [1.807, 2.05) is 0 Å². The Morgan fingerprint density at radius 2 is 1.94 bits per heavy atom. The largest absolute Gasteiger partial charge is 0.319 e. The minimum Gasteiger partial charge on any atom is -0.319 e. The molecule has 1 heterocycles. The second-order valence-corrected chi connectivity index (χ2v) is 4.05. The summed E-state index contributed by atoms with van der Waals surface area (Å²) in [6, 6.07) is 7.03. The van der Waals surface area contributed by atoms with Gasteiger partial charge in [0.05, 0.1) is 11.3 Å². The van der Waals surface area contributed by atoms with Crippen molar-refractivity contribution in [2.24, 2.45) is 0 Å². The normalized spacial score (nSPS) is 10.2. The molecule has 0 saturated carbocycles. The highest BCUT2D eigenvalue weighted by Crippen LogP contribution is 2.18. The van der Waals surface area contributed by atoms with Crippen LogP contribution in [0.5, 0.6) is 0 Å². The summed E-state index contributed by atoms with van der Waals surface area (Å²) in [6.45, 7) is 0. The first-order valence-electron chi connectivity index (χ1n) is 4.82. The van der Waals surface area contributed by atoms with Gasteiger partial charge in [0.1, 0.15) is 5.82 Å². The Balaban J connectivity index is 2.28. The van der Waals surface area contributed by atoms with Gasteiger partial charge in [0.2, 0.25) is 0 Å². The van der Waals surface area contributed by atoms with Gasteiger partial charge in [-0.05, 0) is 18.2 Å². The summed E-state index contributed by atoms with van der Waals surface area (Å²) in [5, 5.41) is 9.26. The molecule has 0 aliphatic carbocycles. The van der Waals surface area contributed by atoms with E-state index in [4.69, 9.17) is 23.2 Å². The van der Waals surface area contributed by atoms with E-state index >= 15 is 0 Å². The molecule has 0 bridgehead atoms. The fourth-order valence-corrected chi connectivity index (χ4v) is 1.59. The van der Waals surface area contributed by atoms with Crippen molar-refractivity contribution in [3.63, 3.8) is 0 Å². The van der Waals surface area contributed by atoms with Crippen LogP contribution >= 0.6 is 23.2 Å². The molecule has 0 spiro atoms. The van der Waals surface area contributed by atoms with Crippen LogP contribution < -0.4 is 5.32 Å². The molecule has 0 saturated heterocycles. The third-order valence-corrected chi connectivity index (χ3v) is 2.55. The minimum absolute atomic E-state index is 0.0260. The predicted octanol–water partition coefficient (Wildman–Crippen LogP) is 3.17. The molecule has 2 aromatic rings. The molecule has 2 rings (SSSR count). The fraction of sp³-hybridized carbons (Fsp3) is 0. The number of nitrogens with one attached hydrogen (secondary N) is 1. The molecular formula is C11H6Cl2FN3O. The molecule has 7 heteroatoms. The van der Waals surface area contributed by atoms with Crippen molar-refractivity contribution in [3.05, 3.63) is 52.0 Å². The van der Waals surface area contributed by atoms with Crippen molar-refractivity contribution in [3.8, 4) is 0 Å². The molecule has 1 N–H and O–H groups in total. The average Bonchev–Trinajstić information content (AvgIpc) is 2.35. The minimum atomic E-state index is -0.609. The maximum Gasteiger partial charge on any atom is 0.259 e. The lowest BCUT2D eigenvalue weighted by Crippen LogP contribution is -2.14. The Morgan fingerprint density at radius 1 is 1.22 bits per heavy atom. The maximum absolute atomic E-state index is 13.3. The molecule has 0 fully saturated rings. The number of halogens is 3. The predicted molar refractivity (Wildman–Crippen MR) is 66.4 cm³/mol. The Morgan fingerprint density at radius 3 is 2.67 bits per heavy atom. The summed E-state index contributed by atoms with van der Waals surface area (Å²) >= 11 is 11.3. The lowest BCUT2D eigenvalue weighted by atomic mass is 10.2. The topological polar surface area (TPSA) is 54.9 Å². The highest BCUT2D eigenvalue weighted by Gasteiger charge is 2.14. The van der Waals surface area contributed by atoms with Gasteiger partial charge in [-0.1, -0.05) is 35.3 Å². The quantitative estimate of drug-likeness (QED) is 0.922. The smallest absolute Gasteiger partial charge is 0.259 e. The number of anilines is 1. The van der Waals surface area contributed by atoms with E-state index in [0.717, 1.165) is 0 Å². The lowest BCUT2D eigenvalue weighted by molar-refractivity contribution is 0.102.